The third kappa shape index (κ3) is 25.8. The van der Waals surface area contributed by atoms with E-state index in [1.807, 2.05) is 0 Å². The second-order valence-electron chi connectivity index (χ2n) is 11.4. The summed E-state index contributed by atoms with van der Waals surface area (Å²) in [6.45, 7) is 12.3. The van der Waals surface area contributed by atoms with Crippen molar-refractivity contribution in [2.75, 3.05) is 13.2 Å². The van der Waals surface area contributed by atoms with Gasteiger partial charge in [-0.3, -0.25) is 9.59 Å². The summed E-state index contributed by atoms with van der Waals surface area (Å²) < 4.78 is 10.7. The third-order valence-electron chi connectivity index (χ3n) is 6.96. The highest BCUT2D eigenvalue weighted by Gasteiger charge is 2.10. The number of ether oxygens (including phenoxy) is 2. The molecule has 0 amide bonds. The summed E-state index contributed by atoms with van der Waals surface area (Å²) in [6, 6.07) is 0. The van der Waals surface area contributed by atoms with Crippen molar-refractivity contribution in [1.82, 2.24) is 0 Å². The first-order chi connectivity index (χ1) is 16.8. The fourth-order valence-corrected chi connectivity index (χ4v) is 4.46. The van der Waals surface area contributed by atoms with Crippen molar-refractivity contribution < 1.29 is 19.1 Å². The van der Waals surface area contributed by atoms with Crippen molar-refractivity contribution >= 4 is 11.9 Å². The van der Waals surface area contributed by atoms with Crippen LogP contribution in [0.25, 0.3) is 0 Å². The molecule has 4 nitrogen and oxygen atoms in total. The standard InChI is InChI=1S/C31H60O4/c1-6-29(23-24-31(33)35-26-18-16-20-28(4)5)21-13-11-9-7-8-10-12-14-22-30(32)34-25-17-15-19-27(2)3/h27-29H,6-26H2,1-5H3. The van der Waals surface area contributed by atoms with Gasteiger partial charge in [-0.2, -0.15) is 0 Å². The molecule has 4 heteroatoms. The molecule has 1 unspecified atom stereocenters. The van der Waals surface area contributed by atoms with Crippen molar-refractivity contribution in [3.05, 3.63) is 0 Å². The number of carbonyl (C=O) groups excluding carboxylic acids is 2. The Morgan fingerprint density at radius 3 is 1.43 bits per heavy atom. The van der Waals surface area contributed by atoms with E-state index in [1.54, 1.807) is 0 Å². The molecule has 1 atom stereocenters. The number of carbonyl (C=O) groups is 2. The van der Waals surface area contributed by atoms with E-state index < -0.39 is 0 Å². The van der Waals surface area contributed by atoms with Crippen LogP contribution < -0.4 is 0 Å². The van der Waals surface area contributed by atoms with Gasteiger partial charge >= 0.3 is 11.9 Å². The summed E-state index contributed by atoms with van der Waals surface area (Å²) in [6.07, 6.45) is 21.0. The van der Waals surface area contributed by atoms with E-state index in [0.717, 1.165) is 63.2 Å². The molecule has 0 saturated heterocycles. The van der Waals surface area contributed by atoms with E-state index in [2.05, 4.69) is 34.6 Å². The highest BCUT2D eigenvalue weighted by molar-refractivity contribution is 5.69. The Morgan fingerprint density at radius 1 is 0.514 bits per heavy atom. The van der Waals surface area contributed by atoms with E-state index in [9.17, 15) is 9.59 Å². The molecule has 0 rings (SSSR count). The molecule has 0 aromatic rings. The van der Waals surface area contributed by atoms with Gasteiger partial charge in [-0.1, -0.05) is 105 Å². The molecule has 0 aromatic carbocycles. The SMILES string of the molecule is CCC(CCCCCCCCCCC(=O)OCCCCC(C)C)CCC(=O)OCCCCC(C)C. The van der Waals surface area contributed by atoms with Crippen molar-refractivity contribution in [3.8, 4) is 0 Å². The summed E-state index contributed by atoms with van der Waals surface area (Å²) in [4.78, 5) is 23.7. The number of rotatable bonds is 25. The van der Waals surface area contributed by atoms with E-state index >= 15 is 0 Å². The second kappa shape index (κ2) is 24.6. The monoisotopic (exact) mass is 496 g/mol. The van der Waals surface area contributed by atoms with Gasteiger partial charge in [0.1, 0.15) is 0 Å². The van der Waals surface area contributed by atoms with Gasteiger partial charge in [-0.05, 0) is 56.3 Å². The first kappa shape index (κ1) is 33.9. The van der Waals surface area contributed by atoms with E-state index in [-0.39, 0.29) is 11.9 Å². The number of esters is 2. The van der Waals surface area contributed by atoms with Gasteiger partial charge < -0.3 is 9.47 Å². The first-order valence-corrected chi connectivity index (χ1v) is 15.2. The lowest BCUT2D eigenvalue weighted by molar-refractivity contribution is -0.145. The predicted octanol–water partition coefficient (Wildman–Crippen LogP) is 9.43. The zero-order chi connectivity index (χ0) is 26.2. The van der Waals surface area contributed by atoms with Crippen molar-refractivity contribution in [1.29, 1.82) is 0 Å². The summed E-state index contributed by atoms with van der Waals surface area (Å²) in [5, 5.41) is 0. The Morgan fingerprint density at radius 2 is 0.943 bits per heavy atom. The van der Waals surface area contributed by atoms with Crippen LogP contribution in [0.5, 0.6) is 0 Å². The third-order valence-corrected chi connectivity index (χ3v) is 6.96. The molecular formula is C31H60O4. The lowest BCUT2D eigenvalue weighted by atomic mass is 9.93. The Hall–Kier alpha value is -1.06. The fraction of sp³-hybridized carbons (Fsp3) is 0.935. The van der Waals surface area contributed by atoms with Crippen LogP contribution in [0, 0.1) is 17.8 Å². The maximum Gasteiger partial charge on any atom is 0.305 e. The van der Waals surface area contributed by atoms with Gasteiger partial charge in [0.2, 0.25) is 0 Å². The molecule has 0 aliphatic heterocycles. The van der Waals surface area contributed by atoms with E-state index in [1.165, 1.54) is 57.8 Å². The minimum Gasteiger partial charge on any atom is -0.466 e. The maximum atomic E-state index is 12.0. The summed E-state index contributed by atoms with van der Waals surface area (Å²) >= 11 is 0. The van der Waals surface area contributed by atoms with Crippen molar-refractivity contribution in [3.63, 3.8) is 0 Å². The molecule has 35 heavy (non-hydrogen) atoms. The predicted molar refractivity (Wildman–Crippen MR) is 148 cm³/mol. The molecule has 208 valence electrons. The average Bonchev–Trinajstić information content (AvgIpc) is 2.81. The molecule has 0 aliphatic rings. The topological polar surface area (TPSA) is 52.6 Å². The van der Waals surface area contributed by atoms with Crippen LogP contribution in [0.4, 0.5) is 0 Å². The van der Waals surface area contributed by atoms with Crippen LogP contribution in [0.15, 0.2) is 0 Å². The number of hydrogen-bond acceptors (Lipinski definition) is 4. The Labute approximate surface area is 218 Å². The summed E-state index contributed by atoms with van der Waals surface area (Å²) in [5.74, 6) is 2.08. The molecule has 0 radical (unpaired) electrons. The van der Waals surface area contributed by atoms with Crippen molar-refractivity contribution in [2.45, 2.75) is 157 Å². The molecule has 0 aromatic heterocycles. The van der Waals surface area contributed by atoms with Crippen LogP contribution in [0.3, 0.4) is 0 Å². The first-order valence-electron chi connectivity index (χ1n) is 15.2. The van der Waals surface area contributed by atoms with Gasteiger partial charge in [0.25, 0.3) is 0 Å². The van der Waals surface area contributed by atoms with Gasteiger partial charge in [-0.25, -0.2) is 0 Å². The van der Waals surface area contributed by atoms with Crippen LogP contribution in [0.2, 0.25) is 0 Å². The van der Waals surface area contributed by atoms with Crippen LogP contribution >= 0.6 is 0 Å². The van der Waals surface area contributed by atoms with Gasteiger partial charge in [0, 0.05) is 12.8 Å². The normalized spacial score (nSPS) is 12.3. The Bertz CT molecular complexity index is 486. The van der Waals surface area contributed by atoms with E-state index in [4.69, 9.17) is 9.47 Å². The van der Waals surface area contributed by atoms with Gasteiger partial charge in [0.15, 0.2) is 0 Å². The van der Waals surface area contributed by atoms with Gasteiger partial charge in [0.05, 0.1) is 13.2 Å². The van der Waals surface area contributed by atoms with E-state index in [0.29, 0.717) is 32.0 Å². The molecule has 0 N–H and O–H groups in total. The average molecular weight is 497 g/mol. The smallest absolute Gasteiger partial charge is 0.305 e. The van der Waals surface area contributed by atoms with Crippen LogP contribution in [-0.4, -0.2) is 25.2 Å². The molecular weight excluding hydrogens is 436 g/mol. The Kier molecular flexibility index (Phi) is 23.9. The summed E-state index contributed by atoms with van der Waals surface area (Å²) in [5.41, 5.74) is 0. The zero-order valence-corrected chi connectivity index (χ0v) is 24.2. The minimum absolute atomic E-state index is 0.0112. The van der Waals surface area contributed by atoms with Crippen LogP contribution in [-0.2, 0) is 19.1 Å². The fourth-order valence-electron chi connectivity index (χ4n) is 4.46. The van der Waals surface area contributed by atoms with Crippen molar-refractivity contribution in [2.24, 2.45) is 17.8 Å². The molecule has 0 spiro atoms. The Balaban J connectivity index is 3.48. The van der Waals surface area contributed by atoms with Gasteiger partial charge in [-0.15, -0.1) is 0 Å². The number of hydrogen-bond donors (Lipinski definition) is 0. The molecule has 0 bridgehead atoms. The zero-order valence-electron chi connectivity index (χ0n) is 24.2. The van der Waals surface area contributed by atoms with Crippen LogP contribution in [0.1, 0.15) is 157 Å². The lowest BCUT2D eigenvalue weighted by Crippen LogP contribution is -2.09. The molecule has 0 fully saturated rings. The highest BCUT2D eigenvalue weighted by atomic mass is 16.5. The summed E-state index contributed by atoms with van der Waals surface area (Å²) in [7, 11) is 0. The minimum atomic E-state index is -0.0186. The lowest BCUT2D eigenvalue weighted by Gasteiger charge is -2.14. The second-order valence-corrected chi connectivity index (χ2v) is 11.4. The molecule has 0 saturated carbocycles. The largest absolute Gasteiger partial charge is 0.466 e. The highest BCUT2D eigenvalue weighted by Crippen LogP contribution is 2.20. The quantitative estimate of drug-likeness (QED) is 0.0932. The molecule has 0 aliphatic carbocycles. The maximum absolute atomic E-state index is 12.0. The molecule has 0 heterocycles. The number of unbranched alkanes of at least 4 members (excludes halogenated alkanes) is 9.